The van der Waals surface area contributed by atoms with E-state index in [0.29, 0.717) is 5.56 Å². The summed E-state index contributed by atoms with van der Waals surface area (Å²) in [6.07, 6.45) is 3.69. The molecule has 0 aliphatic heterocycles. The number of aryl methyl sites for hydroxylation is 2. The van der Waals surface area contributed by atoms with Gasteiger partial charge in [-0.3, -0.25) is 9.59 Å². The molecule has 0 heterocycles. The quantitative estimate of drug-likeness (QED) is 0.821. The van der Waals surface area contributed by atoms with Crippen LogP contribution in [0.25, 0.3) is 0 Å². The average molecular weight is 336 g/mol. The molecule has 0 radical (unpaired) electrons. The lowest BCUT2D eigenvalue weighted by atomic mass is 10.0. The van der Waals surface area contributed by atoms with Gasteiger partial charge < -0.3 is 10.6 Å². The van der Waals surface area contributed by atoms with E-state index < -0.39 is 0 Å². The van der Waals surface area contributed by atoms with Gasteiger partial charge in [-0.2, -0.15) is 0 Å². The molecule has 2 amide bonds. The van der Waals surface area contributed by atoms with Gasteiger partial charge in [-0.1, -0.05) is 32.0 Å². The zero-order valence-corrected chi connectivity index (χ0v) is 14.8. The smallest absolute Gasteiger partial charge is 0.255 e. The van der Waals surface area contributed by atoms with E-state index in [2.05, 4.69) is 24.5 Å². The van der Waals surface area contributed by atoms with E-state index in [4.69, 9.17) is 0 Å². The molecule has 4 heteroatoms. The number of para-hydroxylation sites is 1. The van der Waals surface area contributed by atoms with Gasteiger partial charge in [0, 0.05) is 22.9 Å². The van der Waals surface area contributed by atoms with Crippen LogP contribution in [0.2, 0.25) is 0 Å². The normalized spacial score (nSPS) is 13.4. The summed E-state index contributed by atoms with van der Waals surface area (Å²) in [5.41, 5.74) is 4.51. The van der Waals surface area contributed by atoms with Gasteiger partial charge in [-0.25, -0.2) is 0 Å². The van der Waals surface area contributed by atoms with Crippen LogP contribution in [0.3, 0.4) is 0 Å². The molecular formula is C21H24N2O2. The van der Waals surface area contributed by atoms with Gasteiger partial charge in [0.15, 0.2) is 0 Å². The first-order chi connectivity index (χ1) is 12.1. The van der Waals surface area contributed by atoms with E-state index in [9.17, 15) is 9.59 Å². The molecular weight excluding hydrogens is 312 g/mol. The zero-order valence-electron chi connectivity index (χ0n) is 14.8. The Kier molecular flexibility index (Phi) is 5.17. The number of carbonyl (C=O) groups is 2. The Morgan fingerprint density at radius 1 is 0.920 bits per heavy atom. The second kappa shape index (κ2) is 7.51. The molecule has 130 valence electrons. The Morgan fingerprint density at radius 3 is 2.04 bits per heavy atom. The third kappa shape index (κ3) is 4.08. The highest BCUT2D eigenvalue weighted by atomic mass is 16.2. The topological polar surface area (TPSA) is 58.2 Å². The van der Waals surface area contributed by atoms with Crippen LogP contribution in [0.15, 0.2) is 42.5 Å². The van der Waals surface area contributed by atoms with Crippen LogP contribution in [0.4, 0.5) is 11.4 Å². The molecule has 0 bridgehead atoms. The summed E-state index contributed by atoms with van der Waals surface area (Å²) < 4.78 is 0. The fourth-order valence-electron chi connectivity index (χ4n) is 2.88. The first kappa shape index (κ1) is 17.2. The fraction of sp³-hybridized carbons (Fsp3) is 0.333. The van der Waals surface area contributed by atoms with Crippen molar-refractivity contribution in [1.82, 2.24) is 0 Å². The van der Waals surface area contributed by atoms with Gasteiger partial charge in [0.1, 0.15) is 0 Å². The van der Waals surface area contributed by atoms with Gasteiger partial charge in [-0.15, -0.1) is 0 Å². The number of rotatable bonds is 6. The summed E-state index contributed by atoms with van der Waals surface area (Å²) in [5, 5.41) is 5.95. The van der Waals surface area contributed by atoms with Crippen LogP contribution in [-0.2, 0) is 17.6 Å². The lowest BCUT2D eigenvalue weighted by molar-refractivity contribution is -0.117. The number of hydrogen-bond donors (Lipinski definition) is 2. The Hall–Kier alpha value is -2.62. The van der Waals surface area contributed by atoms with Gasteiger partial charge >= 0.3 is 0 Å². The molecule has 1 saturated carbocycles. The number of hydrogen-bond acceptors (Lipinski definition) is 2. The maximum Gasteiger partial charge on any atom is 0.255 e. The third-order valence-corrected chi connectivity index (χ3v) is 4.60. The maximum absolute atomic E-state index is 12.6. The van der Waals surface area contributed by atoms with Gasteiger partial charge in [0.2, 0.25) is 5.91 Å². The van der Waals surface area contributed by atoms with Crippen molar-refractivity contribution in [1.29, 1.82) is 0 Å². The summed E-state index contributed by atoms with van der Waals surface area (Å²) in [6.45, 7) is 4.17. The van der Waals surface area contributed by atoms with E-state index >= 15 is 0 Å². The monoisotopic (exact) mass is 336 g/mol. The number of benzene rings is 2. The van der Waals surface area contributed by atoms with Crippen molar-refractivity contribution < 1.29 is 9.59 Å². The third-order valence-electron chi connectivity index (χ3n) is 4.60. The Labute approximate surface area is 148 Å². The molecule has 0 saturated heterocycles. The lowest BCUT2D eigenvalue weighted by Gasteiger charge is -2.14. The van der Waals surface area contributed by atoms with E-state index in [1.165, 1.54) is 0 Å². The van der Waals surface area contributed by atoms with E-state index in [0.717, 1.165) is 48.2 Å². The molecule has 0 spiro atoms. The molecule has 2 aromatic carbocycles. The lowest BCUT2D eigenvalue weighted by Crippen LogP contribution is -2.16. The van der Waals surface area contributed by atoms with Gasteiger partial charge in [0.05, 0.1) is 0 Å². The minimum Gasteiger partial charge on any atom is -0.326 e. The standard InChI is InChI=1S/C21H24N2O2/c1-3-14-6-5-7-15(4-2)19(14)23-21(25)17-10-12-18(13-11-17)22-20(24)16-8-9-16/h5-7,10-13,16H,3-4,8-9H2,1-2H3,(H,22,24)(H,23,25). The summed E-state index contributed by atoms with van der Waals surface area (Å²) in [7, 11) is 0. The molecule has 0 atom stereocenters. The van der Waals surface area contributed by atoms with Gasteiger partial charge in [0.25, 0.3) is 5.91 Å². The zero-order chi connectivity index (χ0) is 17.8. The number of amides is 2. The highest BCUT2D eigenvalue weighted by Gasteiger charge is 2.29. The second-order valence-electron chi connectivity index (χ2n) is 6.45. The minimum atomic E-state index is -0.129. The summed E-state index contributed by atoms with van der Waals surface area (Å²) in [4.78, 5) is 24.4. The molecule has 4 nitrogen and oxygen atoms in total. The van der Waals surface area contributed by atoms with Crippen LogP contribution >= 0.6 is 0 Å². The second-order valence-corrected chi connectivity index (χ2v) is 6.45. The SMILES string of the molecule is CCc1cccc(CC)c1NC(=O)c1ccc(NC(=O)C2CC2)cc1. The van der Waals surface area contributed by atoms with Crippen LogP contribution in [0.5, 0.6) is 0 Å². The van der Waals surface area contributed by atoms with E-state index in [-0.39, 0.29) is 17.7 Å². The van der Waals surface area contributed by atoms with Crippen molar-refractivity contribution in [3.8, 4) is 0 Å². The molecule has 3 rings (SSSR count). The maximum atomic E-state index is 12.6. The van der Waals surface area contributed by atoms with Crippen LogP contribution in [-0.4, -0.2) is 11.8 Å². The highest BCUT2D eigenvalue weighted by Crippen LogP contribution is 2.30. The van der Waals surface area contributed by atoms with Crippen LogP contribution in [0, 0.1) is 5.92 Å². The van der Waals surface area contributed by atoms with Crippen molar-refractivity contribution in [3.05, 3.63) is 59.2 Å². The molecule has 0 aromatic heterocycles. The number of nitrogens with one attached hydrogen (secondary N) is 2. The van der Waals surface area contributed by atoms with E-state index in [1.807, 2.05) is 18.2 Å². The molecule has 25 heavy (non-hydrogen) atoms. The summed E-state index contributed by atoms with van der Waals surface area (Å²) in [5.74, 6) is 0.110. The van der Waals surface area contributed by atoms with Crippen LogP contribution in [0.1, 0.15) is 48.2 Å². The Balaban J connectivity index is 1.72. The Morgan fingerprint density at radius 2 is 1.52 bits per heavy atom. The highest BCUT2D eigenvalue weighted by molar-refractivity contribution is 6.05. The summed E-state index contributed by atoms with van der Waals surface area (Å²) >= 11 is 0. The molecule has 1 aliphatic carbocycles. The average Bonchev–Trinajstić information content (AvgIpc) is 3.47. The molecule has 1 aliphatic rings. The number of carbonyl (C=O) groups excluding carboxylic acids is 2. The van der Waals surface area contributed by atoms with Crippen molar-refractivity contribution in [2.45, 2.75) is 39.5 Å². The molecule has 2 N–H and O–H groups in total. The largest absolute Gasteiger partial charge is 0.326 e. The number of anilines is 2. The first-order valence-electron chi connectivity index (χ1n) is 8.95. The van der Waals surface area contributed by atoms with Crippen LogP contribution < -0.4 is 10.6 Å². The summed E-state index contributed by atoms with van der Waals surface area (Å²) in [6, 6.07) is 13.2. The minimum absolute atomic E-state index is 0.0710. The van der Waals surface area contributed by atoms with Crippen molar-refractivity contribution in [3.63, 3.8) is 0 Å². The van der Waals surface area contributed by atoms with Crippen molar-refractivity contribution in [2.24, 2.45) is 5.92 Å². The van der Waals surface area contributed by atoms with E-state index in [1.54, 1.807) is 24.3 Å². The molecule has 1 fully saturated rings. The molecule has 2 aromatic rings. The first-order valence-corrected chi connectivity index (χ1v) is 8.95. The predicted molar refractivity (Wildman–Crippen MR) is 101 cm³/mol. The van der Waals surface area contributed by atoms with Crippen molar-refractivity contribution >= 4 is 23.2 Å². The molecule has 0 unspecified atom stereocenters. The Bertz CT molecular complexity index is 755. The van der Waals surface area contributed by atoms with Crippen molar-refractivity contribution in [2.75, 3.05) is 10.6 Å². The predicted octanol–water partition coefficient (Wildman–Crippen LogP) is 4.41. The fourth-order valence-corrected chi connectivity index (χ4v) is 2.88. The van der Waals surface area contributed by atoms with Gasteiger partial charge in [-0.05, 0) is 61.1 Å².